The largest absolute Gasteiger partial charge is 0.392 e. The minimum absolute atomic E-state index is 0.0192. The summed E-state index contributed by atoms with van der Waals surface area (Å²) in [6, 6.07) is 19.9. The van der Waals surface area contributed by atoms with Crippen molar-refractivity contribution in [1.29, 1.82) is 0 Å². The van der Waals surface area contributed by atoms with Gasteiger partial charge in [0.15, 0.2) is 5.78 Å². The van der Waals surface area contributed by atoms with Gasteiger partial charge in [-0.25, -0.2) is 0 Å². The Morgan fingerprint density at radius 3 is 1.58 bits per heavy atom. The summed E-state index contributed by atoms with van der Waals surface area (Å²) in [7, 11) is 0. The van der Waals surface area contributed by atoms with E-state index in [0.29, 0.717) is 24.0 Å². The average Bonchev–Trinajstić information content (AvgIpc) is 2.67. The van der Waals surface area contributed by atoms with Crippen LogP contribution in [0, 0.1) is 0 Å². The molecule has 1 fully saturated rings. The summed E-state index contributed by atoms with van der Waals surface area (Å²) in [6.45, 7) is 0. The van der Waals surface area contributed by atoms with E-state index in [0.717, 1.165) is 11.1 Å². The van der Waals surface area contributed by atoms with E-state index in [9.17, 15) is 9.90 Å². The number of ketones is 1. The summed E-state index contributed by atoms with van der Waals surface area (Å²) in [6.07, 6.45) is 11.6. The molecule has 3 rings (SSSR count). The summed E-state index contributed by atoms with van der Waals surface area (Å²) in [4.78, 5) is 12.6. The van der Waals surface area contributed by atoms with Crippen molar-refractivity contribution in [1.82, 2.24) is 0 Å². The second-order valence-electron chi connectivity index (χ2n) is 6.31. The zero-order chi connectivity index (χ0) is 18.2. The van der Waals surface area contributed by atoms with E-state index in [4.69, 9.17) is 0 Å². The Balaban J connectivity index is 1.73. The lowest BCUT2D eigenvalue weighted by Crippen LogP contribution is -2.23. The van der Waals surface area contributed by atoms with Gasteiger partial charge < -0.3 is 5.11 Å². The van der Waals surface area contributed by atoms with Gasteiger partial charge in [-0.1, -0.05) is 97.1 Å². The van der Waals surface area contributed by atoms with Crippen molar-refractivity contribution in [3.05, 3.63) is 107 Å². The first-order valence-electron chi connectivity index (χ1n) is 8.80. The number of carbonyl (C=O) groups is 1. The standard InChI is InChI=1S/C24H22O2/c25-23-17-21(15-7-13-19-9-3-1-4-10-19)24(26)22(18-23)16-8-14-20-11-5-2-6-12-20/h1-16,23,25H,17-18H2/b13-7+,14-8+,21-15+,22-16+. The molecule has 2 heteroatoms. The third-order valence-corrected chi connectivity index (χ3v) is 4.27. The smallest absolute Gasteiger partial charge is 0.185 e. The average molecular weight is 342 g/mol. The topological polar surface area (TPSA) is 37.3 Å². The Kier molecular flexibility index (Phi) is 6.13. The normalized spacial score (nSPS) is 21.3. The Morgan fingerprint density at radius 2 is 1.15 bits per heavy atom. The van der Waals surface area contributed by atoms with E-state index in [1.54, 1.807) is 0 Å². The molecular weight excluding hydrogens is 320 g/mol. The number of hydrogen-bond acceptors (Lipinski definition) is 2. The molecule has 1 N–H and O–H groups in total. The lowest BCUT2D eigenvalue weighted by molar-refractivity contribution is -0.113. The lowest BCUT2D eigenvalue weighted by atomic mass is 9.86. The molecule has 1 aliphatic rings. The van der Waals surface area contributed by atoms with Crippen molar-refractivity contribution in [2.45, 2.75) is 18.9 Å². The van der Waals surface area contributed by atoms with Crippen molar-refractivity contribution in [3.63, 3.8) is 0 Å². The van der Waals surface area contributed by atoms with Crippen molar-refractivity contribution in [3.8, 4) is 0 Å². The van der Waals surface area contributed by atoms with Gasteiger partial charge in [0.1, 0.15) is 0 Å². The van der Waals surface area contributed by atoms with Crippen LogP contribution >= 0.6 is 0 Å². The van der Waals surface area contributed by atoms with E-state index in [2.05, 4.69) is 0 Å². The summed E-state index contributed by atoms with van der Waals surface area (Å²) in [5.74, 6) is 0.0192. The van der Waals surface area contributed by atoms with Crippen LogP contribution in [0.4, 0.5) is 0 Å². The second-order valence-corrected chi connectivity index (χ2v) is 6.31. The number of Topliss-reactive ketones (excluding diaryl/α,β-unsaturated/α-hetero) is 1. The molecule has 1 aliphatic carbocycles. The number of allylic oxidation sites excluding steroid dienone is 4. The highest BCUT2D eigenvalue weighted by molar-refractivity contribution is 6.09. The van der Waals surface area contributed by atoms with Crippen LogP contribution in [-0.2, 0) is 4.79 Å². The van der Waals surface area contributed by atoms with Crippen LogP contribution < -0.4 is 0 Å². The molecule has 0 aromatic heterocycles. The van der Waals surface area contributed by atoms with Crippen LogP contribution in [0.15, 0.2) is 96.1 Å². The van der Waals surface area contributed by atoms with Crippen LogP contribution in [0.1, 0.15) is 24.0 Å². The first-order chi connectivity index (χ1) is 12.7. The van der Waals surface area contributed by atoms with Crippen LogP contribution in [0.2, 0.25) is 0 Å². The summed E-state index contributed by atoms with van der Waals surface area (Å²) in [5.41, 5.74) is 3.45. The highest BCUT2D eigenvalue weighted by Crippen LogP contribution is 2.25. The molecule has 130 valence electrons. The molecule has 0 saturated heterocycles. The quantitative estimate of drug-likeness (QED) is 0.795. The van der Waals surface area contributed by atoms with E-state index in [-0.39, 0.29) is 5.78 Å². The third kappa shape index (κ3) is 5.01. The first kappa shape index (κ1) is 17.8. The second kappa shape index (κ2) is 8.93. The molecule has 2 aromatic rings. The highest BCUT2D eigenvalue weighted by Gasteiger charge is 2.25. The molecule has 0 amide bonds. The van der Waals surface area contributed by atoms with Crippen LogP contribution in [0.3, 0.4) is 0 Å². The Labute approximate surface area is 154 Å². The Hall–Kier alpha value is -2.97. The molecular formula is C24H22O2. The maximum absolute atomic E-state index is 12.6. The molecule has 0 atom stereocenters. The Morgan fingerprint density at radius 1 is 0.731 bits per heavy atom. The Bertz CT molecular complexity index is 784. The molecule has 0 aliphatic heterocycles. The molecule has 0 bridgehead atoms. The number of aliphatic hydroxyl groups is 1. The van der Waals surface area contributed by atoms with Crippen molar-refractivity contribution in [2.24, 2.45) is 0 Å². The zero-order valence-corrected chi connectivity index (χ0v) is 14.6. The predicted octanol–water partition coefficient (Wildman–Crippen LogP) is 4.99. The maximum atomic E-state index is 12.6. The van der Waals surface area contributed by atoms with Crippen molar-refractivity contribution < 1.29 is 9.90 Å². The summed E-state index contributed by atoms with van der Waals surface area (Å²) >= 11 is 0. The molecule has 0 spiro atoms. The predicted molar refractivity (Wildman–Crippen MR) is 107 cm³/mol. The van der Waals surface area contributed by atoms with E-state index in [1.165, 1.54) is 0 Å². The molecule has 2 nitrogen and oxygen atoms in total. The fourth-order valence-corrected chi connectivity index (χ4v) is 2.94. The fraction of sp³-hybridized carbons (Fsp3) is 0.125. The van der Waals surface area contributed by atoms with E-state index in [1.807, 2.05) is 97.1 Å². The van der Waals surface area contributed by atoms with Gasteiger partial charge in [0.2, 0.25) is 0 Å². The van der Waals surface area contributed by atoms with Crippen LogP contribution in [0.25, 0.3) is 12.2 Å². The van der Waals surface area contributed by atoms with Crippen molar-refractivity contribution in [2.75, 3.05) is 0 Å². The number of benzene rings is 2. The van der Waals surface area contributed by atoms with Gasteiger partial charge in [0.05, 0.1) is 6.10 Å². The maximum Gasteiger partial charge on any atom is 0.185 e. The third-order valence-electron chi connectivity index (χ3n) is 4.27. The molecule has 26 heavy (non-hydrogen) atoms. The van der Waals surface area contributed by atoms with Gasteiger partial charge in [-0.15, -0.1) is 0 Å². The summed E-state index contributed by atoms with van der Waals surface area (Å²) in [5, 5.41) is 10.1. The molecule has 1 saturated carbocycles. The van der Waals surface area contributed by atoms with E-state index < -0.39 is 6.10 Å². The lowest BCUT2D eigenvalue weighted by Gasteiger charge is -2.21. The van der Waals surface area contributed by atoms with Crippen molar-refractivity contribution >= 4 is 17.9 Å². The highest BCUT2D eigenvalue weighted by atomic mass is 16.3. The van der Waals surface area contributed by atoms with Gasteiger partial charge in [0, 0.05) is 24.0 Å². The molecule has 2 aromatic carbocycles. The van der Waals surface area contributed by atoms with E-state index >= 15 is 0 Å². The number of aliphatic hydroxyl groups excluding tert-OH is 1. The minimum Gasteiger partial charge on any atom is -0.392 e. The van der Waals surface area contributed by atoms with Crippen LogP contribution in [0.5, 0.6) is 0 Å². The SMILES string of the molecule is O=C1/C(=C/C=C/c2ccccc2)CC(O)C/C1=C\C=C\c1ccccc1. The van der Waals surface area contributed by atoms with Crippen LogP contribution in [-0.4, -0.2) is 17.0 Å². The molecule has 0 heterocycles. The van der Waals surface area contributed by atoms with Gasteiger partial charge in [-0.05, 0) is 11.1 Å². The number of hydrogen-bond donors (Lipinski definition) is 1. The van der Waals surface area contributed by atoms with Gasteiger partial charge in [-0.3, -0.25) is 4.79 Å². The summed E-state index contributed by atoms with van der Waals surface area (Å²) < 4.78 is 0. The fourth-order valence-electron chi connectivity index (χ4n) is 2.94. The first-order valence-corrected chi connectivity index (χ1v) is 8.80. The zero-order valence-electron chi connectivity index (χ0n) is 14.6. The monoisotopic (exact) mass is 342 g/mol. The van der Waals surface area contributed by atoms with Gasteiger partial charge in [-0.2, -0.15) is 0 Å². The van der Waals surface area contributed by atoms with Gasteiger partial charge >= 0.3 is 0 Å². The molecule has 0 radical (unpaired) electrons. The number of rotatable bonds is 4. The molecule has 0 unspecified atom stereocenters. The van der Waals surface area contributed by atoms with Gasteiger partial charge in [0.25, 0.3) is 0 Å². The number of carbonyl (C=O) groups excluding carboxylic acids is 1. The minimum atomic E-state index is -0.513.